The van der Waals surface area contributed by atoms with Gasteiger partial charge in [-0.1, -0.05) is 0 Å². The summed E-state index contributed by atoms with van der Waals surface area (Å²) in [5, 5.41) is 9.02. The molecule has 6 nitrogen and oxygen atoms in total. The standard InChI is InChI=1S/C11H10N2O4/c12-6-1-2-8(7(5-6)11(16)17)13-9(14)3-4-10(13)15/h1-2,5H,3-4,12H2,(H,16,17). The minimum absolute atomic E-state index is 0.0826. The first kappa shape index (κ1) is 11.1. The van der Waals surface area contributed by atoms with Crippen LogP contribution in [0.2, 0.25) is 0 Å². The maximum Gasteiger partial charge on any atom is 0.337 e. The summed E-state index contributed by atoms with van der Waals surface area (Å²) >= 11 is 0. The van der Waals surface area contributed by atoms with Gasteiger partial charge in [0.1, 0.15) is 0 Å². The molecule has 0 spiro atoms. The molecule has 0 radical (unpaired) electrons. The minimum Gasteiger partial charge on any atom is -0.478 e. The van der Waals surface area contributed by atoms with E-state index in [0.29, 0.717) is 0 Å². The lowest BCUT2D eigenvalue weighted by Gasteiger charge is -2.16. The molecular formula is C11H10N2O4. The zero-order chi connectivity index (χ0) is 12.6. The number of nitrogens with zero attached hydrogens (tertiary/aromatic N) is 1. The van der Waals surface area contributed by atoms with Gasteiger partial charge in [0.2, 0.25) is 11.8 Å². The lowest BCUT2D eigenvalue weighted by molar-refractivity contribution is -0.121. The molecule has 2 rings (SSSR count). The first-order chi connectivity index (χ1) is 8.00. The SMILES string of the molecule is Nc1ccc(N2C(=O)CCC2=O)c(C(=O)O)c1. The molecule has 3 N–H and O–H groups in total. The smallest absolute Gasteiger partial charge is 0.337 e. The number of imide groups is 1. The molecule has 1 aliphatic heterocycles. The molecule has 88 valence electrons. The summed E-state index contributed by atoms with van der Waals surface area (Å²) in [7, 11) is 0. The average Bonchev–Trinajstić information content (AvgIpc) is 2.59. The number of hydrogen-bond donors (Lipinski definition) is 2. The number of carboxylic acids is 1. The number of anilines is 2. The fourth-order valence-electron chi connectivity index (χ4n) is 1.77. The Hall–Kier alpha value is -2.37. The molecule has 1 fully saturated rings. The summed E-state index contributed by atoms with van der Waals surface area (Å²) < 4.78 is 0. The van der Waals surface area contributed by atoms with E-state index in [4.69, 9.17) is 10.8 Å². The fourth-order valence-corrected chi connectivity index (χ4v) is 1.77. The van der Waals surface area contributed by atoms with Crippen molar-refractivity contribution in [3.63, 3.8) is 0 Å². The van der Waals surface area contributed by atoms with Crippen LogP contribution in [0.1, 0.15) is 23.2 Å². The third kappa shape index (κ3) is 1.84. The predicted molar refractivity (Wildman–Crippen MR) is 59.5 cm³/mol. The molecule has 0 unspecified atom stereocenters. The van der Waals surface area contributed by atoms with Crippen molar-refractivity contribution in [3.8, 4) is 0 Å². The normalized spacial score (nSPS) is 15.4. The van der Waals surface area contributed by atoms with E-state index >= 15 is 0 Å². The Balaban J connectivity index is 2.55. The monoisotopic (exact) mass is 234 g/mol. The molecule has 17 heavy (non-hydrogen) atoms. The topological polar surface area (TPSA) is 101 Å². The van der Waals surface area contributed by atoms with Crippen LogP contribution in [0.4, 0.5) is 11.4 Å². The van der Waals surface area contributed by atoms with Gasteiger partial charge in [0.05, 0.1) is 11.3 Å². The van der Waals surface area contributed by atoms with E-state index in [1.807, 2.05) is 0 Å². The molecule has 1 saturated heterocycles. The highest BCUT2D eigenvalue weighted by Gasteiger charge is 2.32. The van der Waals surface area contributed by atoms with Crippen LogP contribution in [0, 0.1) is 0 Å². The van der Waals surface area contributed by atoms with Crippen LogP contribution < -0.4 is 10.6 Å². The fraction of sp³-hybridized carbons (Fsp3) is 0.182. The molecule has 1 aromatic carbocycles. The molecule has 0 aliphatic carbocycles. The van der Waals surface area contributed by atoms with Gasteiger partial charge >= 0.3 is 5.97 Å². The molecule has 1 aliphatic rings. The predicted octanol–water partition coefficient (Wildman–Crippen LogP) is 0.620. The highest BCUT2D eigenvalue weighted by molar-refractivity contribution is 6.21. The second-order valence-corrected chi connectivity index (χ2v) is 3.70. The second-order valence-electron chi connectivity index (χ2n) is 3.70. The molecule has 2 amide bonds. The van der Waals surface area contributed by atoms with Gasteiger partial charge in [0.25, 0.3) is 0 Å². The van der Waals surface area contributed by atoms with Gasteiger partial charge < -0.3 is 10.8 Å². The Bertz CT molecular complexity index is 508. The van der Waals surface area contributed by atoms with E-state index in [1.54, 1.807) is 0 Å². The quantitative estimate of drug-likeness (QED) is 0.577. The summed E-state index contributed by atoms with van der Waals surface area (Å²) in [4.78, 5) is 35.0. The number of aromatic carboxylic acids is 1. The first-order valence-corrected chi connectivity index (χ1v) is 4.99. The van der Waals surface area contributed by atoms with Gasteiger partial charge in [-0.3, -0.25) is 9.59 Å². The van der Waals surface area contributed by atoms with E-state index < -0.39 is 5.97 Å². The Morgan fingerprint density at radius 1 is 1.24 bits per heavy atom. The first-order valence-electron chi connectivity index (χ1n) is 4.99. The Morgan fingerprint density at radius 2 is 1.82 bits per heavy atom. The maximum atomic E-state index is 11.5. The van der Waals surface area contributed by atoms with E-state index in [0.717, 1.165) is 4.90 Å². The number of nitrogen functional groups attached to an aromatic ring is 1. The van der Waals surface area contributed by atoms with Gasteiger partial charge in [-0.05, 0) is 18.2 Å². The maximum absolute atomic E-state index is 11.5. The summed E-state index contributed by atoms with van der Waals surface area (Å²) in [6, 6.07) is 4.07. The van der Waals surface area contributed by atoms with Crippen LogP contribution in [-0.4, -0.2) is 22.9 Å². The second kappa shape index (κ2) is 3.89. The molecule has 0 saturated carbocycles. The molecule has 6 heteroatoms. The summed E-state index contributed by atoms with van der Waals surface area (Å²) in [5.74, 6) is -2.00. The average molecular weight is 234 g/mol. The molecule has 1 aromatic rings. The number of carboxylic acid groups (broad SMARTS) is 1. The number of benzene rings is 1. The molecule has 0 bridgehead atoms. The van der Waals surface area contributed by atoms with Crippen LogP contribution in [0.5, 0.6) is 0 Å². The van der Waals surface area contributed by atoms with E-state index in [2.05, 4.69) is 0 Å². The number of nitrogens with two attached hydrogens (primary N) is 1. The van der Waals surface area contributed by atoms with Crippen LogP contribution in [0.15, 0.2) is 18.2 Å². The molecule has 1 heterocycles. The third-order valence-corrected chi connectivity index (χ3v) is 2.54. The van der Waals surface area contributed by atoms with Crippen molar-refractivity contribution in [2.24, 2.45) is 0 Å². The number of hydrogen-bond acceptors (Lipinski definition) is 4. The minimum atomic E-state index is -1.22. The van der Waals surface area contributed by atoms with Gasteiger partial charge in [-0.2, -0.15) is 0 Å². The lowest BCUT2D eigenvalue weighted by atomic mass is 10.1. The summed E-state index contributed by atoms with van der Waals surface area (Å²) in [6.07, 6.45) is 0.227. The largest absolute Gasteiger partial charge is 0.478 e. The van der Waals surface area contributed by atoms with Crippen molar-refractivity contribution in [2.75, 3.05) is 10.6 Å². The van der Waals surface area contributed by atoms with Crippen molar-refractivity contribution < 1.29 is 19.5 Å². The Labute approximate surface area is 96.6 Å². The summed E-state index contributed by atoms with van der Waals surface area (Å²) in [6.45, 7) is 0. The molecular weight excluding hydrogens is 224 g/mol. The zero-order valence-electron chi connectivity index (χ0n) is 8.84. The van der Waals surface area contributed by atoms with Crippen LogP contribution in [0.3, 0.4) is 0 Å². The number of carbonyl (C=O) groups excluding carboxylic acids is 2. The van der Waals surface area contributed by atoms with E-state index in [-0.39, 0.29) is 41.6 Å². The number of rotatable bonds is 2. The molecule has 0 aromatic heterocycles. The van der Waals surface area contributed by atoms with Crippen LogP contribution >= 0.6 is 0 Å². The van der Waals surface area contributed by atoms with E-state index in [9.17, 15) is 14.4 Å². The number of amides is 2. The Morgan fingerprint density at radius 3 is 2.35 bits per heavy atom. The van der Waals surface area contributed by atoms with Gasteiger partial charge in [0.15, 0.2) is 0 Å². The van der Waals surface area contributed by atoms with Crippen molar-refractivity contribution in [3.05, 3.63) is 23.8 Å². The highest BCUT2D eigenvalue weighted by atomic mass is 16.4. The summed E-state index contributed by atoms with van der Waals surface area (Å²) in [5.41, 5.74) is 5.69. The van der Waals surface area contributed by atoms with Crippen molar-refractivity contribution in [1.82, 2.24) is 0 Å². The third-order valence-electron chi connectivity index (χ3n) is 2.54. The van der Waals surface area contributed by atoms with Crippen LogP contribution in [0.25, 0.3) is 0 Å². The highest BCUT2D eigenvalue weighted by Crippen LogP contribution is 2.28. The Kier molecular flexibility index (Phi) is 2.55. The van der Waals surface area contributed by atoms with Gasteiger partial charge in [-0.15, -0.1) is 0 Å². The zero-order valence-corrected chi connectivity index (χ0v) is 8.84. The van der Waals surface area contributed by atoms with Gasteiger partial charge in [0, 0.05) is 18.5 Å². The number of carbonyl (C=O) groups is 3. The lowest BCUT2D eigenvalue weighted by Crippen LogP contribution is -2.30. The van der Waals surface area contributed by atoms with Crippen molar-refractivity contribution in [1.29, 1.82) is 0 Å². The van der Waals surface area contributed by atoms with Crippen LogP contribution in [-0.2, 0) is 9.59 Å². The van der Waals surface area contributed by atoms with Crippen molar-refractivity contribution >= 4 is 29.2 Å². The van der Waals surface area contributed by atoms with Gasteiger partial charge in [-0.25, -0.2) is 9.69 Å². The van der Waals surface area contributed by atoms with Crippen molar-refractivity contribution in [2.45, 2.75) is 12.8 Å². The molecule has 0 atom stereocenters. The van der Waals surface area contributed by atoms with E-state index in [1.165, 1.54) is 18.2 Å².